The molecule has 1 aromatic carbocycles. The summed E-state index contributed by atoms with van der Waals surface area (Å²) in [6, 6.07) is 10.1. The Morgan fingerprint density at radius 3 is 3.00 bits per heavy atom. The Morgan fingerprint density at radius 1 is 1.36 bits per heavy atom. The molecule has 5 heteroatoms. The predicted octanol–water partition coefficient (Wildman–Crippen LogP) is 4.24. The van der Waals surface area contributed by atoms with E-state index in [9.17, 15) is 10.1 Å². The van der Waals surface area contributed by atoms with Crippen LogP contribution in [0.25, 0.3) is 21.9 Å². The van der Waals surface area contributed by atoms with Gasteiger partial charge in [-0.15, -0.1) is 11.3 Å². The van der Waals surface area contributed by atoms with Crippen LogP contribution in [0, 0.1) is 18.3 Å². The fourth-order valence-electron chi connectivity index (χ4n) is 3.37. The first-order chi connectivity index (χ1) is 12.2. The van der Waals surface area contributed by atoms with Gasteiger partial charge in [0.05, 0.1) is 11.0 Å². The second-order valence-corrected chi connectivity index (χ2v) is 7.47. The third-order valence-corrected chi connectivity index (χ3v) is 5.74. The van der Waals surface area contributed by atoms with E-state index in [1.165, 1.54) is 11.3 Å². The fraction of sp³-hybridized carbons (Fsp3) is 0.250. The van der Waals surface area contributed by atoms with Crippen molar-refractivity contribution >= 4 is 33.2 Å². The van der Waals surface area contributed by atoms with E-state index in [2.05, 4.69) is 16.0 Å². The summed E-state index contributed by atoms with van der Waals surface area (Å²) in [6.07, 6.45) is 6.03. The maximum absolute atomic E-state index is 12.6. The standard InChI is InChI=1S/C20H17N3OS/c1-12-5-4-6-13(9-12)10-14(11-21)18-22-19(24)17-15-7-2-3-8-16(15)25-20(17)23-18/h4-6,9-10H,2-3,7-8H2,1H3,(H,22,23,24). The molecular weight excluding hydrogens is 330 g/mol. The average molecular weight is 347 g/mol. The van der Waals surface area contributed by atoms with Crippen molar-refractivity contribution < 1.29 is 0 Å². The quantitative estimate of drug-likeness (QED) is 0.705. The van der Waals surface area contributed by atoms with Gasteiger partial charge in [-0.05, 0) is 49.8 Å². The maximum Gasteiger partial charge on any atom is 0.260 e. The summed E-state index contributed by atoms with van der Waals surface area (Å²) in [4.78, 5) is 22.1. The van der Waals surface area contributed by atoms with E-state index in [0.29, 0.717) is 11.4 Å². The van der Waals surface area contributed by atoms with Crippen LogP contribution in [-0.4, -0.2) is 9.97 Å². The van der Waals surface area contributed by atoms with Crippen LogP contribution in [0.1, 0.15) is 40.2 Å². The van der Waals surface area contributed by atoms with Crippen LogP contribution in [0.2, 0.25) is 0 Å². The van der Waals surface area contributed by atoms with Crippen molar-refractivity contribution in [1.82, 2.24) is 9.97 Å². The number of allylic oxidation sites excluding steroid dienone is 1. The van der Waals surface area contributed by atoms with Crippen molar-refractivity contribution in [2.24, 2.45) is 0 Å². The number of rotatable bonds is 2. The van der Waals surface area contributed by atoms with Gasteiger partial charge < -0.3 is 4.98 Å². The number of aromatic nitrogens is 2. The number of aromatic amines is 1. The van der Waals surface area contributed by atoms with E-state index in [1.807, 2.05) is 31.2 Å². The Morgan fingerprint density at radius 2 is 2.20 bits per heavy atom. The van der Waals surface area contributed by atoms with Crippen LogP contribution in [0.4, 0.5) is 0 Å². The molecular formula is C20H17N3OS. The zero-order valence-corrected chi connectivity index (χ0v) is 14.7. The summed E-state index contributed by atoms with van der Waals surface area (Å²) in [5.74, 6) is 0.347. The van der Waals surface area contributed by atoms with E-state index in [0.717, 1.165) is 46.2 Å². The van der Waals surface area contributed by atoms with E-state index < -0.39 is 0 Å². The lowest BCUT2D eigenvalue weighted by atomic mass is 9.97. The van der Waals surface area contributed by atoms with Gasteiger partial charge in [-0.1, -0.05) is 29.8 Å². The number of hydrogen-bond donors (Lipinski definition) is 1. The van der Waals surface area contributed by atoms with Crippen molar-refractivity contribution in [2.45, 2.75) is 32.6 Å². The van der Waals surface area contributed by atoms with Crippen LogP contribution in [0.15, 0.2) is 29.1 Å². The zero-order chi connectivity index (χ0) is 17.4. The van der Waals surface area contributed by atoms with Gasteiger partial charge in [-0.3, -0.25) is 4.79 Å². The normalized spacial score (nSPS) is 14.3. The van der Waals surface area contributed by atoms with Gasteiger partial charge in [0.15, 0.2) is 5.82 Å². The summed E-state index contributed by atoms with van der Waals surface area (Å²) in [7, 11) is 0. The SMILES string of the molecule is Cc1cccc(C=C(C#N)c2nc3sc4c(c3c(=O)[nH]2)CCCC4)c1. The molecule has 0 aliphatic heterocycles. The van der Waals surface area contributed by atoms with Crippen molar-refractivity contribution in [3.8, 4) is 6.07 Å². The molecule has 0 amide bonds. The molecule has 2 heterocycles. The van der Waals surface area contributed by atoms with Crippen LogP contribution in [0.3, 0.4) is 0 Å². The Hall–Kier alpha value is -2.71. The summed E-state index contributed by atoms with van der Waals surface area (Å²) >= 11 is 1.60. The maximum atomic E-state index is 12.6. The molecule has 0 unspecified atom stereocenters. The van der Waals surface area contributed by atoms with E-state index >= 15 is 0 Å². The Labute approximate surface area is 149 Å². The summed E-state index contributed by atoms with van der Waals surface area (Å²) in [6.45, 7) is 2.01. The van der Waals surface area contributed by atoms with Crippen LogP contribution < -0.4 is 5.56 Å². The first-order valence-electron chi connectivity index (χ1n) is 8.39. The van der Waals surface area contributed by atoms with Gasteiger partial charge in [0.25, 0.3) is 5.56 Å². The average Bonchev–Trinajstić information content (AvgIpc) is 2.98. The molecule has 0 saturated carbocycles. The summed E-state index contributed by atoms with van der Waals surface area (Å²) < 4.78 is 0. The number of fused-ring (bicyclic) bond motifs is 3. The third kappa shape index (κ3) is 2.90. The van der Waals surface area contributed by atoms with E-state index in [1.54, 1.807) is 17.4 Å². The Bertz CT molecular complexity index is 1100. The van der Waals surface area contributed by atoms with Crippen molar-refractivity contribution in [1.29, 1.82) is 5.26 Å². The first kappa shape index (κ1) is 15.8. The molecule has 4 nitrogen and oxygen atoms in total. The van der Waals surface area contributed by atoms with Crippen molar-refractivity contribution in [3.05, 3.63) is 62.0 Å². The highest BCUT2D eigenvalue weighted by atomic mass is 32.1. The van der Waals surface area contributed by atoms with Crippen molar-refractivity contribution in [3.63, 3.8) is 0 Å². The summed E-state index contributed by atoms with van der Waals surface area (Å²) in [5.41, 5.74) is 3.44. The molecule has 1 N–H and O–H groups in total. The van der Waals surface area contributed by atoms with Gasteiger partial charge in [0, 0.05) is 4.88 Å². The van der Waals surface area contributed by atoms with Gasteiger partial charge in [-0.2, -0.15) is 5.26 Å². The molecule has 0 radical (unpaired) electrons. The van der Waals surface area contributed by atoms with E-state index in [-0.39, 0.29) is 5.56 Å². The molecule has 1 aliphatic carbocycles. The van der Waals surface area contributed by atoms with Gasteiger partial charge in [0.2, 0.25) is 0 Å². The zero-order valence-electron chi connectivity index (χ0n) is 13.9. The number of aryl methyl sites for hydroxylation is 3. The predicted molar refractivity (Wildman–Crippen MR) is 102 cm³/mol. The minimum atomic E-state index is -0.134. The smallest absolute Gasteiger partial charge is 0.260 e. The fourth-order valence-corrected chi connectivity index (χ4v) is 4.63. The molecule has 0 fully saturated rings. The topological polar surface area (TPSA) is 69.5 Å². The highest BCUT2D eigenvalue weighted by Crippen LogP contribution is 2.33. The highest BCUT2D eigenvalue weighted by molar-refractivity contribution is 7.18. The third-order valence-electron chi connectivity index (χ3n) is 4.55. The lowest BCUT2D eigenvalue weighted by molar-refractivity contribution is 0.700. The molecule has 2 aromatic heterocycles. The van der Waals surface area contributed by atoms with Gasteiger partial charge in [-0.25, -0.2) is 4.98 Å². The van der Waals surface area contributed by atoms with Crippen LogP contribution >= 0.6 is 11.3 Å². The van der Waals surface area contributed by atoms with Gasteiger partial charge >= 0.3 is 0 Å². The number of thiophene rings is 1. The second kappa shape index (κ2) is 6.30. The minimum Gasteiger partial charge on any atom is -0.305 e. The van der Waals surface area contributed by atoms with Gasteiger partial charge in [0.1, 0.15) is 10.9 Å². The van der Waals surface area contributed by atoms with Crippen LogP contribution in [-0.2, 0) is 12.8 Å². The Balaban J connectivity index is 1.86. The number of benzene rings is 1. The molecule has 1 aliphatic rings. The molecule has 0 atom stereocenters. The number of nitrogens with zero attached hydrogens (tertiary/aromatic N) is 2. The number of nitrogens with one attached hydrogen (secondary N) is 1. The number of hydrogen-bond acceptors (Lipinski definition) is 4. The second-order valence-electron chi connectivity index (χ2n) is 6.39. The molecule has 25 heavy (non-hydrogen) atoms. The Kier molecular flexibility index (Phi) is 3.98. The molecule has 3 aromatic rings. The van der Waals surface area contributed by atoms with Crippen LogP contribution in [0.5, 0.6) is 0 Å². The van der Waals surface area contributed by atoms with Crippen molar-refractivity contribution in [2.75, 3.05) is 0 Å². The molecule has 0 bridgehead atoms. The lowest BCUT2D eigenvalue weighted by Gasteiger charge is -2.09. The largest absolute Gasteiger partial charge is 0.305 e. The summed E-state index contributed by atoms with van der Waals surface area (Å²) in [5, 5.41) is 10.3. The number of nitriles is 1. The number of H-pyrrole nitrogens is 1. The lowest BCUT2D eigenvalue weighted by Crippen LogP contribution is -2.12. The minimum absolute atomic E-state index is 0.134. The van der Waals surface area contributed by atoms with E-state index in [4.69, 9.17) is 0 Å². The molecule has 0 saturated heterocycles. The monoisotopic (exact) mass is 347 g/mol. The molecule has 0 spiro atoms. The highest BCUT2D eigenvalue weighted by Gasteiger charge is 2.20. The first-order valence-corrected chi connectivity index (χ1v) is 9.21. The molecule has 124 valence electrons. The molecule has 4 rings (SSSR count).